The molecule has 7 heteroatoms. The SMILES string of the molecule is CCNC(=NCc1ccnc(-n2ccnc2)c1)NCCc1ccccn1. The first kappa shape index (κ1) is 17.6. The van der Waals surface area contributed by atoms with Gasteiger partial charge in [0.15, 0.2) is 5.96 Å². The van der Waals surface area contributed by atoms with Crippen molar-refractivity contribution in [2.24, 2.45) is 4.99 Å². The van der Waals surface area contributed by atoms with E-state index >= 15 is 0 Å². The summed E-state index contributed by atoms with van der Waals surface area (Å²) in [6.45, 7) is 4.22. The van der Waals surface area contributed by atoms with Crippen molar-refractivity contribution in [3.05, 3.63) is 72.7 Å². The van der Waals surface area contributed by atoms with Crippen LogP contribution in [-0.4, -0.2) is 38.6 Å². The molecule has 0 fully saturated rings. The molecule has 0 saturated carbocycles. The van der Waals surface area contributed by atoms with Gasteiger partial charge in [0.1, 0.15) is 12.1 Å². The van der Waals surface area contributed by atoms with E-state index < -0.39 is 0 Å². The van der Waals surface area contributed by atoms with Crippen molar-refractivity contribution in [3.63, 3.8) is 0 Å². The number of imidazole rings is 1. The van der Waals surface area contributed by atoms with Crippen LogP contribution in [0.3, 0.4) is 0 Å². The fraction of sp³-hybridized carbons (Fsp3) is 0.263. The third-order valence-corrected chi connectivity index (χ3v) is 3.74. The molecule has 0 aliphatic carbocycles. The minimum Gasteiger partial charge on any atom is -0.357 e. The first-order valence-corrected chi connectivity index (χ1v) is 8.70. The predicted molar refractivity (Wildman–Crippen MR) is 102 cm³/mol. The maximum atomic E-state index is 4.66. The van der Waals surface area contributed by atoms with E-state index in [1.54, 1.807) is 18.7 Å². The Morgan fingerprint density at radius 2 is 2.08 bits per heavy atom. The Labute approximate surface area is 153 Å². The van der Waals surface area contributed by atoms with Crippen molar-refractivity contribution in [1.82, 2.24) is 30.2 Å². The van der Waals surface area contributed by atoms with Gasteiger partial charge in [0.25, 0.3) is 0 Å². The lowest BCUT2D eigenvalue weighted by Crippen LogP contribution is -2.38. The molecule has 0 aliphatic heterocycles. The number of guanidine groups is 1. The Morgan fingerprint density at radius 1 is 1.12 bits per heavy atom. The first-order chi connectivity index (χ1) is 12.8. The maximum Gasteiger partial charge on any atom is 0.191 e. The highest BCUT2D eigenvalue weighted by molar-refractivity contribution is 5.79. The molecular formula is C19H23N7. The molecule has 26 heavy (non-hydrogen) atoms. The number of hydrogen-bond donors (Lipinski definition) is 2. The number of pyridine rings is 2. The Bertz CT molecular complexity index is 813. The van der Waals surface area contributed by atoms with E-state index in [9.17, 15) is 0 Å². The molecule has 0 aliphatic rings. The van der Waals surface area contributed by atoms with Crippen LogP contribution in [0.25, 0.3) is 5.82 Å². The van der Waals surface area contributed by atoms with Gasteiger partial charge in [0.2, 0.25) is 0 Å². The molecule has 0 bridgehead atoms. The van der Waals surface area contributed by atoms with Gasteiger partial charge in [-0.3, -0.25) is 9.55 Å². The second-order valence-corrected chi connectivity index (χ2v) is 5.69. The summed E-state index contributed by atoms with van der Waals surface area (Å²) < 4.78 is 1.88. The first-order valence-electron chi connectivity index (χ1n) is 8.70. The molecular weight excluding hydrogens is 326 g/mol. The highest BCUT2D eigenvalue weighted by Gasteiger charge is 2.01. The van der Waals surface area contributed by atoms with E-state index in [4.69, 9.17) is 0 Å². The zero-order valence-electron chi connectivity index (χ0n) is 14.8. The van der Waals surface area contributed by atoms with Crippen LogP contribution >= 0.6 is 0 Å². The number of aromatic nitrogens is 4. The van der Waals surface area contributed by atoms with Gasteiger partial charge < -0.3 is 10.6 Å². The number of rotatable bonds is 7. The molecule has 2 N–H and O–H groups in total. The van der Waals surface area contributed by atoms with Gasteiger partial charge in [0.05, 0.1) is 6.54 Å². The molecule has 0 aromatic carbocycles. The lowest BCUT2D eigenvalue weighted by atomic mass is 10.2. The fourth-order valence-electron chi connectivity index (χ4n) is 2.46. The molecule has 3 aromatic rings. The summed E-state index contributed by atoms with van der Waals surface area (Å²) in [7, 11) is 0. The summed E-state index contributed by atoms with van der Waals surface area (Å²) in [5, 5.41) is 6.62. The molecule has 0 spiro atoms. The van der Waals surface area contributed by atoms with Crippen LogP contribution in [0.15, 0.2) is 66.4 Å². The van der Waals surface area contributed by atoms with Crippen LogP contribution in [0.4, 0.5) is 0 Å². The summed E-state index contributed by atoms with van der Waals surface area (Å²) in [5.74, 6) is 1.63. The van der Waals surface area contributed by atoms with Gasteiger partial charge >= 0.3 is 0 Å². The fourth-order valence-corrected chi connectivity index (χ4v) is 2.46. The topological polar surface area (TPSA) is 80.0 Å². The predicted octanol–water partition coefficient (Wildman–Crippen LogP) is 1.96. The van der Waals surface area contributed by atoms with Crippen molar-refractivity contribution in [2.75, 3.05) is 13.1 Å². The molecule has 0 amide bonds. The molecule has 3 aromatic heterocycles. The minimum atomic E-state index is 0.573. The molecule has 134 valence electrons. The van der Waals surface area contributed by atoms with Crippen LogP contribution in [-0.2, 0) is 13.0 Å². The van der Waals surface area contributed by atoms with E-state index in [-0.39, 0.29) is 0 Å². The van der Waals surface area contributed by atoms with Gasteiger partial charge in [-0.15, -0.1) is 0 Å². The van der Waals surface area contributed by atoms with Crippen molar-refractivity contribution in [2.45, 2.75) is 19.9 Å². The lowest BCUT2D eigenvalue weighted by molar-refractivity contribution is 0.788. The normalized spacial score (nSPS) is 11.3. The summed E-state index contributed by atoms with van der Waals surface area (Å²) in [4.78, 5) is 17.4. The van der Waals surface area contributed by atoms with Gasteiger partial charge in [-0.2, -0.15) is 0 Å². The molecule has 3 rings (SSSR count). The smallest absolute Gasteiger partial charge is 0.191 e. The van der Waals surface area contributed by atoms with Crippen LogP contribution in [0.2, 0.25) is 0 Å². The number of nitrogens with one attached hydrogen (secondary N) is 2. The van der Waals surface area contributed by atoms with Crippen molar-refractivity contribution in [1.29, 1.82) is 0 Å². The van der Waals surface area contributed by atoms with Gasteiger partial charge in [0, 0.05) is 50.0 Å². The van der Waals surface area contributed by atoms with Crippen LogP contribution in [0.5, 0.6) is 0 Å². The van der Waals surface area contributed by atoms with Crippen molar-refractivity contribution in [3.8, 4) is 5.82 Å². The second-order valence-electron chi connectivity index (χ2n) is 5.69. The zero-order valence-corrected chi connectivity index (χ0v) is 14.8. The van der Waals surface area contributed by atoms with E-state index in [1.807, 2.05) is 47.3 Å². The highest BCUT2D eigenvalue weighted by atomic mass is 15.2. The Hall–Kier alpha value is -3.22. The monoisotopic (exact) mass is 349 g/mol. The summed E-state index contributed by atoms with van der Waals surface area (Å²) >= 11 is 0. The Morgan fingerprint density at radius 3 is 2.85 bits per heavy atom. The number of hydrogen-bond acceptors (Lipinski definition) is 4. The highest BCUT2D eigenvalue weighted by Crippen LogP contribution is 2.08. The third-order valence-electron chi connectivity index (χ3n) is 3.74. The number of aliphatic imine (C=N–C) groups is 1. The average molecular weight is 349 g/mol. The molecule has 0 atom stereocenters. The minimum absolute atomic E-state index is 0.573. The van der Waals surface area contributed by atoms with E-state index in [0.717, 1.165) is 42.5 Å². The largest absolute Gasteiger partial charge is 0.357 e. The maximum absolute atomic E-state index is 4.66. The molecule has 0 saturated heterocycles. The van der Waals surface area contributed by atoms with Crippen LogP contribution in [0.1, 0.15) is 18.2 Å². The molecule has 0 unspecified atom stereocenters. The van der Waals surface area contributed by atoms with Crippen molar-refractivity contribution < 1.29 is 0 Å². The summed E-state index contributed by atoms with van der Waals surface area (Å²) in [5.41, 5.74) is 2.15. The second kappa shape index (κ2) is 9.31. The zero-order chi connectivity index (χ0) is 18.0. The van der Waals surface area contributed by atoms with Gasteiger partial charge in [-0.25, -0.2) is 15.0 Å². The lowest BCUT2D eigenvalue weighted by Gasteiger charge is -2.11. The third kappa shape index (κ3) is 5.14. The van der Waals surface area contributed by atoms with Crippen LogP contribution < -0.4 is 10.6 Å². The molecule has 3 heterocycles. The number of nitrogens with zero attached hydrogens (tertiary/aromatic N) is 5. The standard InChI is InChI=1S/C19H23N7/c1-2-21-19(24-10-7-17-5-3-4-8-22-17)25-14-16-6-9-23-18(13-16)26-12-11-20-15-26/h3-6,8-9,11-13,15H,2,7,10,14H2,1H3,(H2,21,24,25). The quantitative estimate of drug-likeness (QED) is 0.503. The van der Waals surface area contributed by atoms with Gasteiger partial charge in [-0.1, -0.05) is 6.07 Å². The summed E-state index contributed by atoms with van der Waals surface area (Å²) in [6, 6.07) is 9.95. The van der Waals surface area contributed by atoms with E-state index in [0.29, 0.717) is 6.54 Å². The van der Waals surface area contributed by atoms with Crippen molar-refractivity contribution >= 4 is 5.96 Å². The summed E-state index contributed by atoms with van der Waals surface area (Å²) in [6.07, 6.45) is 9.81. The average Bonchev–Trinajstić information content (AvgIpc) is 3.22. The molecule has 0 radical (unpaired) electrons. The Kier molecular flexibility index (Phi) is 6.30. The van der Waals surface area contributed by atoms with Crippen LogP contribution in [0, 0.1) is 0 Å². The Balaban J connectivity index is 1.59. The molecule has 7 nitrogen and oxygen atoms in total. The van der Waals surface area contributed by atoms with E-state index in [2.05, 4.69) is 37.5 Å². The van der Waals surface area contributed by atoms with Gasteiger partial charge in [-0.05, 0) is 36.8 Å². The van der Waals surface area contributed by atoms with E-state index in [1.165, 1.54) is 0 Å².